The zero-order valence-corrected chi connectivity index (χ0v) is 12.3. The van der Waals surface area contributed by atoms with E-state index in [0.29, 0.717) is 29.1 Å². The number of aliphatic carboxylic acids is 1. The number of rotatable bonds is 7. The van der Waals surface area contributed by atoms with E-state index in [-0.39, 0.29) is 6.54 Å². The predicted molar refractivity (Wildman–Crippen MR) is 79.1 cm³/mol. The highest BCUT2D eigenvalue weighted by Crippen LogP contribution is 2.29. The normalized spacial score (nSPS) is 11.2. The van der Waals surface area contributed by atoms with Crippen molar-refractivity contribution in [1.29, 1.82) is 0 Å². The zero-order chi connectivity index (χ0) is 15.3. The van der Waals surface area contributed by atoms with Crippen LogP contribution >= 0.6 is 11.6 Å². The van der Waals surface area contributed by atoms with Gasteiger partial charge in [0.1, 0.15) is 0 Å². The third-order valence-electron chi connectivity index (χ3n) is 3.68. The van der Waals surface area contributed by atoms with Crippen LogP contribution in [0.4, 0.5) is 5.69 Å². The Balaban J connectivity index is 2.89. The average molecular weight is 299 g/mol. The van der Waals surface area contributed by atoms with Gasteiger partial charge in [0.15, 0.2) is 0 Å². The minimum absolute atomic E-state index is 0.269. The summed E-state index contributed by atoms with van der Waals surface area (Å²) >= 11 is 6.05. The Bertz CT molecular complexity index is 513. The van der Waals surface area contributed by atoms with E-state index in [2.05, 4.69) is 5.32 Å². The number of amides is 1. The van der Waals surface area contributed by atoms with Crippen LogP contribution in [0.2, 0.25) is 5.02 Å². The fourth-order valence-electron chi connectivity index (χ4n) is 1.95. The highest BCUT2D eigenvalue weighted by atomic mass is 35.5. The lowest BCUT2D eigenvalue weighted by Gasteiger charge is -2.27. The van der Waals surface area contributed by atoms with Crippen LogP contribution in [0.5, 0.6) is 0 Å². The zero-order valence-electron chi connectivity index (χ0n) is 11.6. The lowest BCUT2D eigenvalue weighted by molar-refractivity contribution is -0.148. The molecular weight excluding hydrogens is 280 g/mol. The van der Waals surface area contributed by atoms with Crippen LogP contribution in [0.3, 0.4) is 0 Å². The molecule has 1 rings (SSSR count). The summed E-state index contributed by atoms with van der Waals surface area (Å²) in [7, 11) is 0. The van der Waals surface area contributed by atoms with Gasteiger partial charge in [-0.25, -0.2) is 0 Å². The number of benzene rings is 1. The van der Waals surface area contributed by atoms with Crippen molar-refractivity contribution in [2.75, 3.05) is 11.9 Å². The third-order valence-corrected chi connectivity index (χ3v) is 3.99. The molecule has 0 saturated heterocycles. The number of carboxylic acids is 1. The van der Waals surface area contributed by atoms with Crippen molar-refractivity contribution in [3.05, 3.63) is 28.8 Å². The molecule has 5 nitrogen and oxygen atoms in total. The van der Waals surface area contributed by atoms with Gasteiger partial charge in [-0.3, -0.25) is 9.59 Å². The Morgan fingerprint density at radius 1 is 1.35 bits per heavy atom. The van der Waals surface area contributed by atoms with Crippen LogP contribution in [0.1, 0.15) is 37.0 Å². The summed E-state index contributed by atoms with van der Waals surface area (Å²) < 4.78 is 0. The molecule has 0 heterocycles. The molecule has 0 fully saturated rings. The second-order valence-corrected chi connectivity index (χ2v) is 5.11. The van der Waals surface area contributed by atoms with Crippen LogP contribution in [0, 0.1) is 5.41 Å². The number of carbonyl (C=O) groups is 2. The van der Waals surface area contributed by atoms with Crippen molar-refractivity contribution >= 4 is 29.2 Å². The Labute approximate surface area is 123 Å². The molecule has 1 aromatic carbocycles. The summed E-state index contributed by atoms with van der Waals surface area (Å²) in [5.74, 6) is -1.39. The molecule has 0 spiro atoms. The molecule has 0 aliphatic heterocycles. The molecular formula is C14H19ClN2O3. The maximum atomic E-state index is 11.4. The highest BCUT2D eigenvalue weighted by Gasteiger charge is 2.34. The molecule has 0 saturated carbocycles. The summed E-state index contributed by atoms with van der Waals surface area (Å²) in [5.41, 5.74) is 5.24. The molecule has 0 bridgehead atoms. The summed E-state index contributed by atoms with van der Waals surface area (Å²) in [6, 6.07) is 4.64. The van der Waals surface area contributed by atoms with E-state index in [1.807, 2.05) is 13.8 Å². The van der Waals surface area contributed by atoms with E-state index in [0.717, 1.165) is 0 Å². The summed E-state index contributed by atoms with van der Waals surface area (Å²) in [6.45, 7) is 3.96. The number of carbonyl (C=O) groups excluding carboxylic acids is 1. The molecule has 20 heavy (non-hydrogen) atoms. The van der Waals surface area contributed by atoms with E-state index >= 15 is 0 Å². The maximum absolute atomic E-state index is 11.4. The second-order valence-electron chi connectivity index (χ2n) is 4.71. The van der Waals surface area contributed by atoms with Crippen LogP contribution in [0.25, 0.3) is 0 Å². The number of primary amides is 1. The van der Waals surface area contributed by atoms with Crippen molar-refractivity contribution in [2.45, 2.75) is 26.7 Å². The lowest BCUT2D eigenvalue weighted by Crippen LogP contribution is -2.36. The van der Waals surface area contributed by atoms with Crippen LogP contribution in [0.15, 0.2) is 18.2 Å². The Hall–Kier alpha value is -1.75. The van der Waals surface area contributed by atoms with E-state index < -0.39 is 17.3 Å². The van der Waals surface area contributed by atoms with Gasteiger partial charge in [0.2, 0.25) is 5.91 Å². The number of anilines is 1. The minimum atomic E-state index is -0.833. The van der Waals surface area contributed by atoms with Crippen LogP contribution < -0.4 is 11.1 Å². The highest BCUT2D eigenvalue weighted by molar-refractivity contribution is 6.33. The molecule has 0 aliphatic rings. The number of hydrogen-bond donors (Lipinski definition) is 3. The Morgan fingerprint density at radius 2 is 1.95 bits per heavy atom. The fraction of sp³-hybridized carbons (Fsp3) is 0.429. The molecule has 1 amide bonds. The van der Waals surface area contributed by atoms with E-state index in [4.69, 9.17) is 17.3 Å². The average Bonchev–Trinajstić information content (AvgIpc) is 2.41. The predicted octanol–water partition coefficient (Wildman–Crippen LogP) is 2.74. The maximum Gasteiger partial charge on any atom is 0.311 e. The van der Waals surface area contributed by atoms with Gasteiger partial charge >= 0.3 is 5.97 Å². The van der Waals surface area contributed by atoms with Crippen LogP contribution in [-0.4, -0.2) is 23.5 Å². The van der Waals surface area contributed by atoms with Crippen molar-refractivity contribution in [2.24, 2.45) is 11.1 Å². The van der Waals surface area contributed by atoms with E-state index in [9.17, 15) is 14.7 Å². The first kappa shape index (κ1) is 16.3. The third kappa shape index (κ3) is 3.42. The molecule has 0 atom stereocenters. The molecule has 0 unspecified atom stereocenters. The standard InChI is InChI=1S/C14H19ClN2O3/c1-3-14(4-2,13(19)20)8-17-11-6-5-9(12(16)18)7-10(11)15/h5-7,17H,3-4,8H2,1-2H3,(H2,16,18)(H,19,20). The van der Waals surface area contributed by atoms with Gasteiger partial charge < -0.3 is 16.2 Å². The number of nitrogens with two attached hydrogens (primary N) is 1. The van der Waals surface area contributed by atoms with Crippen molar-refractivity contribution in [3.8, 4) is 0 Å². The first-order valence-electron chi connectivity index (χ1n) is 6.43. The number of nitrogens with one attached hydrogen (secondary N) is 1. The summed E-state index contributed by atoms with van der Waals surface area (Å²) in [4.78, 5) is 22.4. The molecule has 0 aliphatic carbocycles. The summed E-state index contributed by atoms with van der Waals surface area (Å²) in [5, 5.41) is 12.7. The molecule has 0 radical (unpaired) electrons. The van der Waals surface area contributed by atoms with Gasteiger partial charge in [-0.2, -0.15) is 0 Å². The summed E-state index contributed by atoms with van der Waals surface area (Å²) in [6.07, 6.45) is 1.03. The number of hydrogen-bond acceptors (Lipinski definition) is 3. The lowest BCUT2D eigenvalue weighted by atomic mass is 9.82. The number of carboxylic acid groups (broad SMARTS) is 1. The molecule has 0 aromatic heterocycles. The van der Waals surface area contributed by atoms with E-state index in [1.54, 1.807) is 12.1 Å². The topological polar surface area (TPSA) is 92.4 Å². The van der Waals surface area contributed by atoms with Gasteiger partial charge in [0.05, 0.1) is 16.1 Å². The SMILES string of the molecule is CCC(CC)(CNc1ccc(C(N)=O)cc1Cl)C(=O)O. The van der Waals surface area contributed by atoms with Gasteiger partial charge in [-0.05, 0) is 31.0 Å². The fourth-order valence-corrected chi connectivity index (χ4v) is 2.20. The van der Waals surface area contributed by atoms with Crippen molar-refractivity contribution in [1.82, 2.24) is 0 Å². The van der Waals surface area contributed by atoms with Gasteiger partial charge in [-0.1, -0.05) is 25.4 Å². The quantitative estimate of drug-likeness (QED) is 0.721. The first-order chi connectivity index (χ1) is 9.36. The van der Waals surface area contributed by atoms with Crippen LogP contribution in [-0.2, 0) is 4.79 Å². The Kier molecular flexibility index (Phi) is 5.39. The smallest absolute Gasteiger partial charge is 0.311 e. The monoisotopic (exact) mass is 298 g/mol. The minimum Gasteiger partial charge on any atom is -0.481 e. The van der Waals surface area contributed by atoms with Gasteiger partial charge in [0, 0.05) is 12.1 Å². The Morgan fingerprint density at radius 3 is 2.35 bits per heavy atom. The number of halogens is 1. The second kappa shape index (κ2) is 6.61. The largest absolute Gasteiger partial charge is 0.481 e. The van der Waals surface area contributed by atoms with Gasteiger partial charge in [-0.15, -0.1) is 0 Å². The van der Waals surface area contributed by atoms with Gasteiger partial charge in [0.25, 0.3) is 0 Å². The molecule has 6 heteroatoms. The van der Waals surface area contributed by atoms with Crippen molar-refractivity contribution in [3.63, 3.8) is 0 Å². The molecule has 4 N–H and O–H groups in total. The molecule has 110 valence electrons. The van der Waals surface area contributed by atoms with Crippen molar-refractivity contribution < 1.29 is 14.7 Å². The van der Waals surface area contributed by atoms with E-state index in [1.165, 1.54) is 6.07 Å². The first-order valence-corrected chi connectivity index (χ1v) is 6.80. The molecule has 1 aromatic rings.